The summed E-state index contributed by atoms with van der Waals surface area (Å²) in [6.45, 7) is 0.0429. The molecule has 3 heterocycles. The van der Waals surface area contributed by atoms with E-state index in [9.17, 15) is 18.6 Å². The van der Waals surface area contributed by atoms with Crippen molar-refractivity contribution in [2.45, 2.75) is 12.5 Å². The van der Waals surface area contributed by atoms with E-state index in [1.165, 1.54) is 17.4 Å². The Balaban J connectivity index is 1.17. The van der Waals surface area contributed by atoms with Crippen molar-refractivity contribution in [3.8, 4) is 15.6 Å². The lowest BCUT2D eigenvalue weighted by atomic mass is 10.0. The molecule has 0 radical (unpaired) electrons. The average Bonchev–Trinajstić information content (AvgIpc) is 3.51. The molecule has 13 heteroatoms. The molecule has 2 amide bonds. The van der Waals surface area contributed by atoms with Crippen LogP contribution in [0.25, 0.3) is 21.5 Å². The molecule has 5 rings (SSSR count). The van der Waals surface area contributed by atoms with Crippen molar-refractivity contribution in [1.29, 1.82) is 0 Å². The fraction of sp³-hybridized carbons (Fsp3) is 0.129. The summed E-state index contributed by atoms with van der Waals surface area (Å²) in [6, 6.07) is 25.4. The number of nitrogens with one attached hydrogen (secondary N) is 3. The zero-order valence-electron chi connectivity index (χ0n) is 23.1. The van der Waals surface area contributed by atoms with Gasteiger partial charge in [0.25, 0.3) is 23.1 Å². The Morgan fingerprint density at radius 1 is 0.932 bits per heavy atom. The number of aromatic nitrogens is 2. The summed E-state index contributed by atoms with van der Waals surface area (Å²) in [5.41, 5.74) is 2.29. The zero-order chi connectivity index (χ0) is 30.9. The molecule has 10 nitrogen and oxygen atoms in total. The van der Waals surface area contributed by atoms with Crippen LogP contribution in [0.15, 0.2) is 97.2 Å². The Bertz CT molecular complexity index is 1800. The molecule has 0 saturated carbocycles. The van der Waals surface area contributed by atoms with Gasteiger partial charge in [0.1, 0.15) is 11.2 Å². The fourth-order valence-electron chi connectivity index (χ4n) is 4.30. The molecule has 3 aromatic heterocycles. The summed E-state index contributed by atoms with van der Waals surface area (Å²) >= 11 is 5.56. The van der Waals surface area contributed by atoms with Gasteiger partial charge in [-0.15, -0.1) is 0 Å². The Morgan fingerprint density at radius 3 is 2.50 bits per heavy atom. The molecule has 5 aromatic rings. The number of pyridine rings is 2. The van der Waals surface area contributed by atoms with E-state index in [-0.39, 0.29) is 30.2 Å². The number of carbonyl (C=O) groups excluding carboxylic acids is 3. The first kappa shape index (κ1) is 31.0. The third-order valence-electron chi connectivity index (χ3n) is 6.34. The normalized spacial score (nSPS) is 12.3. The third kappa shape index (κ3) is 8.11. The van der Waals surface area contributed by atoms with E-state index >= 15 is 0 Å². The number of amides is 2. The highest BCUT2D eigenvalue weighted by molar-refractivity contribution is 7.78. The average molecular weight is 648 g/mol. The smallest absolute Gasteiger partial charge is 0.289 e. The Labute approximate surface area is 264 Å². The number of hydrogen-bond donors (Lipinski definition) is 3. The number of benzene rings is 2. The molecule has 0 aliphatic heterocycles. The molecule has 0 bridgehead atoms. The van der Waals surface area contributed by atoms with Gasteiger partial charge in [-0.25, -0.2) is 9.71 Å². The second-order valence-electron chi connectivity index (χ2n) is 9.39. The number of halogens is 1. The Morgan fingerprint density at radius 2 is 1.70 bits per heavy atom. The van der Waals surface area contributed by atoms with Crippen LogP contribution in [-0.2, 0) is 27.3 Å². The van der Waals surface area contributed by atoms with Crippen LogP contribution in [-0.4, -0.2) is 50.9 Å². The molecular weight excluding hydrogens is 622 g/mol. The lowest BCUT2D eigenvalue weighted by molar-refractivity contribution is -0.138. The van der Waals surface area contributed by atoms with Gasteiger partial charge in [-0.05, 0) is 42.0 Å². The Kier molecular flexibility index (Phi) is 10.4. The van der Waals surface area contributed by atoms with Gasteiger partial charge in [0.2, 0.25) is 5.78 Å². The minimum Gasteiger partial charge on any atom is -0.378 e. The summed E-state index contributed by atoms with van der Waals surface area (Å²) in [4.78, 5) is 48.9. The van der Waals surface area contributed by atoms with Crippen molar-refractivity contribution in [2.24, 2.45) is 0 Å². The maximum Gasteiger partial charge on any atom is 0.289 e. The number of fused-ring (bicyclic) bond motifs is 1. The van der Waals surface area contributed by atoms with Crippen molar-refractivity contribution in [2.75, 3.05) is 13.1 Å². The molecule has 0 fully saturated rings. The first-order valence-corrected chi connectivity index (χ1v) is 15.7. The summed E-state index contributed by atoms with van der Waals surface area (Å²) in [6.07, 6.45) is 1.78. The van der Waals surface area contributed by atoms with Gasteiger partial charge in [-0.1, -0.05) is 77.5 Å². The lowest BCUT2D eigenvalue weighted by Crippen LogP contribution is -2.49. The molecule has 0 aliphatic carbocycles. The summed E-state index contributed by atoms with van der Waals surface area (Å²) in [5.74, 6) is -2.29. The maximum absolute atomic E-state index is 13.4. The molecule has 2 aromatic carbocycles. The van der Waals surface area contributed by atoms with E-state index in [0.29, 0.717) is 16.0 Å². The van der Waals surface area contributed by atoms with Gasteiger partial charge >= 0.3 is 0 Å². The molecule has 0 saturated heterocycles. The first-order chi connectivity index (χ1) is 21.4. The first-order valence-electron chi connectivity index (χ1n) is 13.4. The molecule has 0 aliphatic rings. The van der Waals surface area contributed by atoms with Crippen molar-refractivity contribution in [3.05, 3.63) is 113 Å². The minimum atomic E-state index is -1.89. The highest BCUT2D eigenvalue weighted by atomic mass is 35.5. The number of para-hydroxylation sites is 1. The number of nitrogens with zero attached hydrogens (tertiary/aromatic N) is 2. The van der Waals surface area contributed by atoms with Gasteiger partial charge in [-0.2, -0.15) is 4.21 Å². The van der Waals surface area contributed by atoms with Crippen LogP contribution in [0.1, 0.15) is 15.9 Å². The number of rotatable bonds is 13. The van der Waals surface area contributed by atoms with E-state index in [0.717, 1.165) is 16.1 Å². The van der Waals surface area contributed by atoms with Gasteiger partial charge in [0.15, 0.2) is 5.06 Å². The van der Waals surface area contributed by atoms with E-state index in [1.807, 2.05) is 30.3 Å². The second kappa shape index (κ2) is 14.8. The lowest BCUT2D eigenvalue weighted by Gasteiger charge is -2.18. The molecule has 1 unspecified atom stereocenters. The van der Waals surface area contributed by atoms with Gasteiger partial charge in [-0.3, -0.25) is 19.4 Å². The van der Waals surface area contributed by atoms with E-state index < -0.39 is 34.9 Å². The molecule has 44 heavy (non-hydrogen) atoms. The highest BCUT2D eigenvalue weighted by Crippen LogP contribution is 2.32. The van der Waals surface area contributed by atoms with E-state index in [4.69, 9.17) is 15.8 Å². The summed E-state index contributed by atoms with van der Waals surface area (Å²) in [5, 5.41) is 6.33. The van der Waals surface area contributed by atoms with Crippen molar-refractivity contribution >= 4 is 62.7 Å². The monoisotopic (exact) mass is 647 g/mol. The maximum atomic E-state index is 13.4. The predicted molar refractivity (Wildman–Crippen MR) is 170 cm³/mol. The molecular formula is C31H26ClN5O5S2. The standard InChI is InChI=1S/C31H26ClN5O5S2/c32-27-19-22(21-10-4-5-11-23(21)36-27)30(39)37-25(18-20-8-2-1-3-9-20)29(38)31(40)34-16-17-35-44(41)42-28-14-13-26(43-28)24-12-6-7-15-33-24/h1-15,19,25,35H,16-18H2,(H,34,40)(H,37,39)/t25-,44?/m0/s1. The van der Waals surface area contributed by atoms with Crippen LogP contribution in [0.3, 0.4) is 0 Å². The van der Waals surface area contributed by atoms with Crippen LogP contribution in [0.4, 0.5) is 0 Å². The van der Waals surface area contributed by atoms with E-state index in [1.54, 1.807) is 60.8 Å². The van der Waals surface area contributed by atoms with Crippen molar-refractivity contribution in [3.63, 3.8) is 0 Å². The topological polar surface area (TPSA) is 139 Å². The van der Waals surface area contributed by atoms with Crippen molar-refractivity contribution in [1.82, 2.24) is 25.3 Å². The van der Waals surface area contributed by atoms with Crippen LogP contribution in [0, 0.1) is 0 Å². The molecule has 2 atom stereocenters. The molecule has 3 N–H and O–H groups in total. The van der Waals surface area contributed by atoms with E-state index in [2.05, 4.69) is 25.3 Å². The third-order valence-corrected chi connectivity index (χ3v) is 8.40. The predicted octanol–water partition coefficient (Wildman–Crippen LogP) is 4.29. The zero-order valence-corrected chi connectivity index (χ0v) is 25.5. The van der Waals surface area contributed by atoms with Crippen LogP contribution >= 0.6 is 22.9 Å². The second-order valence-corrected chi connectivity index (χ2v) is 11.7. The largest absolute Gasteiger partial charge is 0.378 e. The van der Waals surface area contributed by atoms with Crippen molar-refractivity contribution < 1.29 is 22.8 Å². The highest BCUT2D eigenvalue weighted by Gasteiger charge is 2.28. The quantitative estimate of drug-likeness (QED) is 0.0985. The molecule has 0 spiro atoms. The number of hydrogen-bond acceptors (Lipinski definition) is 8. The number of carbonyl (C=O) groups is 3. The summed E-state index contributed by atoms with van der Waals surface area (Å²) < 4.78 is 20.4. The minimum absolute atomic E-state index is 0.0140. The number of thiophene rings is 1. The van der Waals surface area contributed by atoms with Crippen LogP contribution < -0.4 is 19.5 Å². The molecule has 224 valence electrons. The van der Waals surface area contributed by atoms with Crippen LogP contribution in [0.2, 0.25) is 5.15 Å². The van der Waals surface area contributed by atoms with Gasteiger partial charge in [0.05, 0.1) is 21.7 Å². The van der Waals surface area contributed by atoms with Gasteiger partial charge in [0, 0.05) is 31.1 Å². The number of ketones is 1. The SMILES string of the molecule is O=C(NCCNS(=O)Oc1ccc(-c2ccccn2)s1)C(=O)[C@H](Cc1ccccc1)NC(=O)c1cc(Cl)nc2ccccc12. The number of Topliss-reactive ketones (excluding diaryl/α,β-unsaturated/α-hetero) is 1. The summed E-state index contributed by atoms with van der Waals surface area (Å²) in [7, 11) is 0. The Hall–Kier alpha value is -4.49. The van der Waals surface area contributed by atoms with Gasteiger partial charge < -0.3 is 14.8 Å². The van der Waals surface area contributed by atoms with Crippen LogP contribution in [0.5, 0.6) is 5.06 Å². The fourth-order valence-corrected chi connectivity index (χ4v) is 6.07.